The van der Waals surface area contributed by atoms with E-state index >= 15 is 0 Å². The van der Waals surface area contributed by atoms with Gasteiger partial charge in [-0.15, -0.1) is 0 Å². The van der Waals surface area contributed by atoms with Gasteiger partial charge in [-0.2, -0.15) is 0 Å². The highest BCUT2D eigenvalue weighted by atomic mass is 16.4. The topological polar surface area (TPSA) is 78.4 Å². The molecule has 3 rings (SSSR count). The minimum Gasteiger partial charge on any atom is -0.481 e. The number of hydrogen-bond acceptors (Lipinski definition) is 2. The predicted octanol–water partition coefficient (Wildman–Crippen LogP) is 3.22. The van der Waals surface area contributed by atoms with Crippen LogP contribution in [0, 0.1) is 23.2 Å². The summed E-state index contributed by atoms with van der Waals surface area (Å²) in [6.07, 6.45) is 1.75. The largest absolute Gasteiger partial charge is 0.481 e. The van der Waals surface area contributed by atoms with Gasteiger partial charge in [0.2, 0.25) is 0 Å². The van der Waals surface area contributed by atoms with Gasteiger partial charge < -0.3 is 15.7 Å². The van der Waals surface area contributed by atoms with Crippen LogP contribution in [-0.4, -0.2) is 29.7 Å². The van der Waals surface area contributed by atoms with Crippen molar-refractivity contribution in [1.29, 1.82) is 0 Å². The molecule has 25 heavy (non-hydrogen) atoms. The van der Waals surface area contributed by atoms with E-state index in [0.29, 0.717) is 24.8 Å². The molecule has 2 aliphatic rings. The first-order chi connectivity index (χ1) is 11.8. The SMILES string of the molecule is CC(NC(=O)NC[C@H]1C[C@@H]1c1ccccc1)[C@@H]1C[C@H](C(=O)O)C1(C)C. The van der Waals surface area contributed by atoms with Crippen molar-refractivity contribution in [2.24, 2.45) is 23.2 Å². The summed E-state index contributed by atoms with van der Waals surface area (Å²) >= 11 is 0. The van der Waals surface area contributed by atoms with Gasteiger partial charge in [-0.3, -0.25) is 4.79 Å². The molecule has 1 unspecified atom stereocenters. The molecular weight excluding hydrogens is 316 g/mol. The van der Waals surface area contributed by atoms with E-state index < -0.39 is 5.97 Å². The van der Waals surface area contributed by atoms with Crippen LogP contribution in [-0.2, 0) is 4.79 Å². The maximum absolute atomic E-state index is 12.2. The zero-order valence-corrected chi connectivity index (χ0v) is 15.2. The van der Waals surface area contributed by atoms with Crippen molar-refractivity contribution in [2.45, 2.75) is 45.6 Å². The van der Waals surface area contributed by atoms with Crippen molar-refractivity contribution < 1.29 is 14.7 Å². The van der Waals surface area contributed by atoms with Crippen molar-refractivity contribution in [3.8, 4) is 0 Å². The van der Waals surface area contributed by atoms with Crippen molar-refractivity contribution in [3.63, 3.8) is 0 Å². The third kappa shape index (κ3) is 3.65. The number of carbonyl (C=O) groups excluding carboxylic acids is 1. The Morgan fingerprint density at radius 3 is 2.52 bits per heavy atom. The number of carboxylic acid groups (broad SMARTS) is 1. The second-order valence-corrected chi connectivity index (χ2v) is 8.21. The van der Waals surface area contributed by atoms with E-state index in [9.17, 15) is 14.7 Å². The zero-order chi connectivity index (χ0) is 18.2. The molecule has 5 atom stereocenters. The first-order valence-electron chi connectivity index (χ1n) is 9.12. The van der Waals surface area contributed by atoms with Crippen LogP contribution < -0.4 is 10.6 Å². The second-order valence-electron chi connectivity index (χ2n) is 8.21. The first-order valence-corrected chi connectivity index (χ1v) is 9.12. The van der Waals surface area contributed by atoms with Gasteiger partial charge in [0.25, 0.3) is 0 Å². The molecule has 3 N–H and O–H groups in total. The average molecular weight is 344 g/mol. The summed E-state index contributed by atoms with van der Waals surface area (Å²) < 4.78 is 0. The van der Waals surface area contributed by atoms with Crippen molar-refractivity contribution >= 4 is 12.0 Å². The van der Waals surface area contributed by atoms with E-state index in [2.05, 4.69) is 34.9 Å². The van der Waals surface area contributed by atoms with Crippen LogP contribution in [0.4, 0.5) is 4.79 Å². The number of carbonyl (C=O) groups is 2. The Labute approximate surface area is 149 Å². The van der Waals surface area contributed by atoms with Crippen LogP contribution >= 0.6 is 0 Å². The highest BCUT2D eigenvalue weighted by Gasteiger charge is 2.54. The quantitative estimate of drug-likeness (QED) is 0.741. The number of amides is 2. The molecule has 136 valence electrons. The summed E-state index contributed by atoms with van der Waals surface area (Å²) in [5, 5.41) is 15.2. The Bertz CT molecular complexity index is 644. The van der Waals surface area contributed by atoms with Crippen molar-refractivity contribution in [1.82, 2.24) is 10.6 Å². The number of benzene rings is 1. The number of hydrogen-bond donors (Lipinski definition) is 3. The third-order valence-corrected chi connectivity index (χ3v) is 6.28. The van der Waals surface area contributed by atoms with Gasteiger partial charge in [-0.05, 0) is 48.5 Å². The fourth-order valence-electron chi connectivity index (χ4n) is 4.39. The smallest absolute Gasteiger partial charge is 0.315 e. The monoisotopic (exact) mass is 344 g/mol. The molecule has 0 aliphatic heterocycles. The molecule has 1 aromatic rings. The van der Waals surface area contributed by atoms with E-state index in [1.165, 1.54) is 5.56 Å². The van der Waals surface area contributed by atoms with Gasteiger partial charge in [0, 0.05) is 12.6 Å². The van der Waals surface area contributed by atoms with E-state index in [0.717, 1.165) is 6.42 Å². The van der Waals surface area contributed by atoms with E-state index in [4.69, 9.17) is 0 Å². The van der Waals surface area contributed by atoms with Gasteiger partial charge in [0.05, 0.1) is 5.92 Å². The summed E-state index contributed by atoms with van der Waals surface area (Å²) in [5.74, 6) is 0.208. The standard InChI is InChI=1S/C20H28N2O3/c1-12(16-10-17(18(23)24)20(16,2)3)22-19(25)21-11-14-9-15(14)13-7-5-4-6-8-13/h4-8,12,14-17H,9-11H2,1-3H3,(H,23,24)(H2,21,22,25)/t12?,14-,15-,16+,17-/m1/s1. The highest BCUT2D eigenvalue weighted by molar-refractivity contribution is 5.75. The lowest BCUT2D eigenvalue weighted by molar-refractivity contribution is -0.160. The Balaban J connectivity index is 1.41. The summed E-state index contributed by atoms with van der Waals surface area (Å²) in [6, 6.07) is 10.2. The minimum atomic E-state index is -0.737. The van der Waals surface area contributed by atoms with E-state index in [1.807, 2.05) is 26.8 Å². The molecule has 2 amide bonds. The summed E-state index contributed by atoms with van der Waals surface area (Å²) in [6.45, 7) is 6.60. The normalized spacial score (nSPS) is 30.7. The van der Waals surface area contributed by atoms with E-state index in [1.54, 1.807) is 0 Å². The lowest BCUT2D eigenvalue weighted by Gasteiger charge is -2.52. The molecule has 5 heteroatoms. The fraction of sp³-hybridized carbons (Fsp3) is 0.600. The van der Waals surface area contributed by atoms with Crippen LogP contribution in [0.2, 0.25) is 0 Å². The van der Waals surface area contributed by atoms with Gasteiger partial charge >= 0.3 is 12.0 Å². The van der Waals surface area contributed by atoms with Gasteiger partial charge in [0.15, 0.2) is 0 Å². The van der Waals surface area contributed by atoms with Crippen molar-refractivity contribution in [2.75, 3.05) is 6.54 Å². The van der Waals surface area contributed by atoms with Gasteiger partial charge in [-0.1, -0.05) is 44.2 Å². The Hall–Kier alpha value is -2.04. The molecule has 0 bridgehead atoms. The molecule has 1 aromatic carbocycles. The molecule has 0 spiro atoms. The van der Waals surface area contributed by atoms with Crippen LogP contribution in [0.25, 0.3) is 0 Å². The third-order valence-electron chi connectivity index (χ3n) is 6.28. The first kappa shape index (κ1) is 17.8. The molecule has 0 saturated heterocycles. The van der Waals surface area contributed by atoms with E-state index in [-0.39, 0.29) is 29.3 Å². The average Bonchev–Trinajstić information content (AvgIpc) is 3.32. The van der Waals surface area contributed by atoms with Crippen molar-refractivity contribution in [3.05, 3.63) is 35.9 Å². The number of urea groups is 1. The molecule has 0 aromatic heterocycles. The zero-order valence-electron chi connectivity index (χ0n) is 15.2. The Kier molecular flexibility index (Phi) is 4.76. The predicted molar refractivity (Wildman–Crippen MR) is 96.3 cm³/mol. The Morgan fingerprint density at radius 2 is 1.92 bits per heavy atom. The molecular formula is C20H28N2O3. The fourth-order valence-corrected chi connectivity index (χ4v) is 4.39. The second kappa shape index (κ2) is 6.70. The van der Waals surface area contributed by atoms with Crippen LogP contribution in [0.15, 0.2) is 30.3 Å². The lowest BCUT2D eigenvalue weighted by atomic mass is 9.53. The molecule has 0 radical (unpaired) electrons. The maximum Gasteiger partial charge on any atom is 0.315 e. The van der Waals surface area contributed by atoms with Crippen LogP contribution in [0.1, 0.15) is 45.1 Å². The molecule has 2 fully saturated rings. The molecule has 2 aliphatic carbocycles. The lowest BCUT2D eigenvalue weighted by Crippen LogP contribution is -2.57. The summed E-state index contributed by atoms with van der Waals surface area (Å²) in [5.41, 5.74) is 1.06. The minimum absolute atomic E-state index is 0.0327. The number of rotatable bonds is 6. The number of carboxylic acids is 1. The molecule has 0 heterocycles. The van der Waals surface area contributed by atoms with Crippen LogP contribution in [0.5, 0.6) is 0 Å². The maximum atomic E-state index is 12.2. The van der Waals surface area contributed by atoms with Crippen LogP contribution in [0.3, 0.4) is 0 Å². The number of aliphatic carboxylic acids is 1. The highest BCUT2D eigenvalue weighted by Crippen LogP contribution is 2.52. The summed E-state index contributed by atoms with van der Waals surface area (Å²) in [4.78, 5) is 23.4. The molecule has 5 nitrogen and oxygen atoms in total. The van der Waals surface area contributed by atoms with Gasteiger partial charge in [-0.25, -0.2) is 4.79 Å². The van der Waals surface area contributed by atoms with Gasteiger partial charge in [0.1, 0.15) is 0 Å². The number of nitrogens with one attached hydrogen (secondary N) is 2. The Morgan fingerprint density at radius 1 is 1.24 bits per heavy atom. The molecule has 2 saturated carbocycles. The summed E-state index contributed by atoms with van der Waals surface area (Å²) in [7, 11) is 0.